The summed E-state index contributed by atoms with van der Waals surface area (Å²) in [5.41, 5.74) is -1.76. The first-order valence-corrected chi connectivity index (χ1v) is 5.09. The van der Waals surface area contributed by atoms with Gasteiger partial charge in [-0.1, -0.05) is 19.9 Å². The average Bonchev–Trinajstić information content (AvgIpc) is 2.26. The topological polar surface area (TPSA) is 127 Å². The van der Waals surface area contributed by atoms with Crippen molar-refractivity contribution in [3.63, 3.8) is 0 Å². The lowest BCUT2D eigenvalue weighted by molar-refractivity contribution is -0.421. The quantitative estimate of drug-likeness (QED) is 0.452. The molecule has 0 unspecified atom stereocenters. The summed E-state index contributed by atoms with van der Waals surface area (Å²) in [6.45, 7) is 3.38. The molecule has 9 heteroatoms. The molecule has 0 fully saturated rings. The molecule has 8 nitrogen and oxygen atoms in total. The van der Waals surface area contributed by atoms with E-state index in [9.17, 15) is 30.3 Å². The van der Waals surface area contributed by atoms with Gasteiger partial charge in [-0.15, -0.1) is 0 Å². The molecule has 96 valence electrons. The Bertz CT molecular complexity index is 502. The Morgan fingerprint density at radius 2 is 1.72 bits per heavy atom. The smallest absolute Gasteiger partial charge is 0.423 e. The maximum atomic E-state index is 10.9. The van der Waals surface area contributed by atoms with E-state index in [1.54, 1.807) is 13.8 Å². The highest BCUT2D eigenvalue weighted by atomic mass is 16.6. The van der Waals surface area contributed by atoms with E-state index < -0.39 is 33.8 Å². The van der Waals surface area contributed by atoms with Gasteiger partial charge in [-0.25, -0.2) is 0 Å². The summed E-state index contributed by atoms with van der Waals surface area (Å²) in [6.07, 6.45) is 0. The van der Waals surface area contributed by atoms with Crippen LogP contribution in [-0.4, -0.2) is 27.0 Å². The van der Waals surface area contributed by atoms with Crippen LogP contribution in [0.3, 0.4) is 0 Å². The first-order valence-electron chi connectivity index (χ1n) is 5.09. The van der Waals surface area contributed by atoms with Gasteiger partial charge in [0.15, 0.2) is 0 Å². The second kappa shape index (κ2) is 5.11. The van der Waals surface area contributed by atoms with Gasteiger partial charge in [0, 0.05) is 6.07 Å². The van der Waals surface area contributed by atoms with Crippen LogP contribution in [0.15, 0.2) is 12.1 Å². The summed E-state index contributed by atoms with van der Waals surface area (Å²) in [5, 5.41) is 40.1. The summed E-state index contributed by atoms with van der Waals surface area (Å²) in [5.74, 6) is -0.235. The van der Waals surface area contributed by atoms with Crippen LogP contribution in [0.2, 0.25) is 0 Å². The molecule has 0 atom stereocenters. The number of benzene rings is 1. The minimum Gasteiger partial charge on any atom is -0.423 e. The molecule has 2 N–H and O–H groups in total. The summed E-state index contributed by atoms with van der Waals surface area (Å²) >= 11 is 0. The molecule has 0 radical (unpaired) electrons. The van der Waals surface area contributed by atoms with Crippen molar-refractivity contribution in [1.29, 1.82) is 0 Å². The zero-order valence-electron chi connectivity index (χ0n) is 9.73. The molecule has 1 aromatic carbocycles. The first-order chi connectivity index (χ1) is 8.27. The molecule has 0 aliphatic carbocycles. The molecule has 18 heavy (non-hydrogen) atoms. The number of nitrogens with zero attached hydrogens (tertiary/aromatic N) is 2. The number of nitro groups is 2. The molecule has 0 saturated carbocycles. The normalized spacial score (nSPS) is 10.5. The van der Waals surface area contributed by atoms with Gasteiger partial charge in [-0.05, 0) is 11.5 Å². The minimum atomic E-state index is -2.14. The van der Waals surface area contributed by atoms with Gasteiger partial charge in [0.25, 0.3) is 0 Å². The van der Waals surface area contributed by atoms with Crippen molar-refractivity contribution < 1.29 is 19.9 Å². The van der Waals surface area contributed by atoms with Gasteiger partial charge in [-0.2, -0.15) is 0 Å². The number of hydrogen-bond acceptors (Lipinski definition) is 6. The highest BCUT2D eigenvalue weighted by Gasteiger charge is 2.36. The van der Waals surface area contributed by atoms with Gasteiger partial charge in [-0.3, -0.25) is 20.2 Å². The van der Waals surface area contributed by atoms with Crippen LogP contribution in [0, 0.1) is 20.2 Å². The van der Waals surface area contributed by atoms with Crippen LogP contribution >= 0.6 is 0 Å². The predicted molar refractivity (Wildman–Crippen MR) is 63.7 cm³/mol. The zero-order chi connectivity index (χ0) is 14.0. The lowest BCUT2D eigenvalue weighted by atomic mass is 9.73. The lowest BCUT2D eigenvalue weighted by Crippen LogP contribution is -2.36. The standard InChI is InChI=1S/C9H11BN2O6/c1-5(2)6-3-4-7(11(15)16)9(12(17)18)8(6)10(13)14/h3-5,13-14H,1-2H3. The Morgan fingerprint density at radius 3 is 2.06 bits per heavy atom. The van der Waals surface area contributed by atoms with Crippen LogP contribution in [0.5, 0.6) is 0 Å². The molecule has 0 bridgehead atoms. The Labute approximate surface area is 102 Å². The van der Waals surface area contributed by atoms with Crippen LogP contribution in [0.1, 0.15) is 25.3 Å². The fourth-order valence-electron chi connectivity index (χ4n) is 1.73. The molecular weight excluding hydrogens is 243 g/mol. The molecule has 0 aromatic heterocycles. The Kier molecular flexibility index (Phi) is 3.99. The highest BCUT2D eigenvalue weighted by molar-refractivity contribution is 6.61. The molecule has 0 amide bonds. The molecule has 0 aliphatic rings. The van der Waals surface area contributed by atoms with Crippen molar-refractivity contribution in [2.75, 3.05) is 0 Å². The van der Waals surface area contributed by atoms with Crippen molar-refractivity contribution in [1.82, 2.24) is 0 Å². The van der Waals surface area contributed by atoms with Crippen molar-refractivity contribution >= 4 is 24.0 Å². The van der Waals surface area contributed by atoms with Crippen molar-refractivity contribution in [2.24, 2.45) is 0 Å². The minimum absolute atomic E-state index is 0.235. The number of nitro benzene ring substituents is 2. The van der Waals surface area contributed by atoms with Crippen LogP contribution in [0.4, 0.5) is 11.4 Å². The second-order valence-electron chi connectivity index (χ2n) is 3.98. The molecule has 0 spiro atoms. The monoisotopic (exact) mass is 254 g/mol. The van der Waals surface area contributed by atoms with Gasteiger partial charge in [0.1, 0.15) is 0 Å². The van der Waals surface area contributed by atoms with Crippen LogP contribution < -0.4 is 5.46 Å². The summed E-state index contributed by atoms with van der Waals surface area (Å²) < 4.78 is 0. The van der Waals surface area contributed by atoms with Gasteiger partial charge in [0.05, 0.1) is 15.3 Å². The SMILES string of the molecule is CC(C)c1ccc([N+](=O)[O-])c([N+](=O)[O-])c1B(O)O. The van der Waals surface area contributed by atoms with Gasteiger partial charge in [0.2, 0.25) is 0 Å². The maximum absolute atomic E-state index is 10.9. The first kappa shape index (κ1) is 14.1. The van der Waals surface area contributed by atoms with E-state index in [4.69, 9.17) is 0 Å². The molecule has 0 heterocycles. The number of rotatable bonds is 4. The Balaban J connectivity index is 3.71. The van der Waals surface area contributed by atoms with Gasteiger partial charge >= 0.3 is 18.5 Å². The Morgan fingerprint density at radius 1 is 1.17 bits per heavy atom. The van der Waals surface area contributed by atoms with Gasteiger partial charge < -0.3 is 10.0 Å². The molecule has 1 aromatic rings. The molecule has 1 rings (SSSR count). The predicted octanol–water partition coefficient (Wildman–Crippen LogP) is 0.306. The highest BCUT2D eigenvalue weighted by Crippen LogP contribution is 2.28. The van der Waals surface area contributed by atoms with E-state index in [0.717, 1.165) is 6.07 Å². The molecule has 0 aliphatic heterocycles. The van der Waals surface area contributed by atoms with E-state index in [1.807, 2.05) is 0 Å². The molecule has 0 saturated heterocycles. The third kappa shape index (κ3) is 2.46. The number of hydrogen-bond donors (Lipinski definition) is 2. The summed E-state index contributed by atoms with van der Waals surface area (Å²) in [7, 11) is -2.14. The van der Waals surface area contributed by atoms with Crippen LogP contribution in [0.25, 0.3) is 0 Å². The van der Waals surface area contributed by atoms with E-state index in [2.05, 4.69) is 0 Å². The fraction of sp³-hybridized carbons (Fsp3) is 0.333. The van der Waals surface area contributed by atoms with Crippen molar-refractivity contribution in [3.05, 3.63) is 37.9 Å². The third-order valence-electron chi connectivity index (χ3n) is 2.49. The van der Waals surface area contributed by atoms with Crippen LogP contribution in [-0.2, 0) is 0 Å². The second-order valence-corrected chi connectivity index (χ2v) is 3.98. The Hall–Kier alpha value is -2.00. The average molecular weight is 254 g/mol. The third-order valence-corrected chi connectivity index (χ3v) is 2.49. The summed E-state index contributed by atoms with van der Waals surface area (Å²) in [4.78, 5) is 19.7. The molecular formula is C9H11BN2O6. The van der Waals surface area contributed by atoms with E-state index >= 15 is 0 Å². The largest absolute Gasteiger partial charge is 0.496 e. The van der Waals surface area contributed by atoms with Crippen molar-refractivity contribution in [3.8, 4) is 0 Å². The summed E-state index contributed by atoms with van der Waals surface area (Å²) in [6, 6.07) is 2.30. The van der Waals surface area contributed by atoms with E-state index in [0.29, 0.717) is 5.56 Å². The maximum Gasteiger partial charge on any atom is 0.496 e. The van der Waals surface area contributed by atoms with E-state index in [1.165, 1.54) is 6.07 Å². The fourth-order valence-corrected chi connectivity index (χ4v) is 1.73. The van der Waals surface area contributed by atoms with E-state index in [-0.39, 0.29) is 5.92 Å². The lowest BCUT2D eigenvalue weighted by Gasteiger charge is -2.12. The zero-order valence-corrected chi connectivity index (χ0v) is 9.73. The van der Waals surface area contributed by atoms with Crippen molar-refractivity contribution in [2.45, 2.75) is 19.8 Å².